The largest absolute Gasteiger partial charge is 0.444 e. The van der Waals surface area contributed by atoms with Gasteiger partial charge in [0.2, 0.25) is 5.91 Å². The van der Waals surface area contributed by atoms with Crippen molar-refractivity contribution in [3.63, 3.8) is 0 Å². The highest BCUT2D eigenvalue weighted by molar-refractivity contribution is 6.00. The lowest BCUT2D eigenvalue weighted by atomic mass is 9.77. The van der Waals surface area contributed by atoms with Crippen molar-refractivity contribution in [2.45, 2.75) is 90.3 Å². The molecule has 0 aliphatic carbocycles. The number of piperidine rings is 2. The maximum absolute atomic E-state index is 13.6. The van der Waals surface area contributed by atoms with Crippen LogP contribution in [0.15, 0.2) is 24.3 Å². The van der Waals surface area contributed by atoms with E-state index in [1.165, 1.54) is 37.9 Å². The van der Waals surface area contributed by atoms with Crippen molar-refractivity contribution >= 4 is 23.4 Å². The molecule has 4 fully saturated rings. The van der Waals surface area contributed by atoms with Crippen molar-refractivity contribution in [1.29, 1.82) is 0 Å². The van der Waals surface area contributed by atoms with Gasteiger partial charge in [-0.1, -0.05) is 6.42 Å². The Morgan fingerprint density at radius 2 is 1.58 bits per heavy atom. The van der Waals surface area contributed by atoms with E-state index in [1.54, 1.807) is 4.90 Å². The van der Waals surface area contributed by atoms with Crippen LogP contribution in [-0.2, 0) is 9.53 Å². The third-order valence-electron chi connectivity index (χ3n) is 8.90. The van der Waals surface area contributed by atoms with Crippen molar-refractivity contribution in [2.75, 3.05) is 49.1 Å². The number of carbonyl (C=O) groups excluding carboxylic acids is 2. The highest BCUT2D eigenvalue weighted by Crippen LogP contribution is 2.43. The third-order valence-corrected chi connectivity index (χ3v) is 8.90. The first kappa shape index (κ1) is 25.4. The molecule has 5 rings (SSSR count). The molecule has 0 N–H and O–H groups in total. The van der Waals surface area contributed by atoms with Crippen LogP contribution in [0.25, 0.3) is 0 Å². The van der Waals surface area contributed by atoms with E-state index >= 15 is 0 Å². The Morgan fingerprint density at radius 1 is 0.917 bits per heavy atom. The summed E-state index contributed by atoms with van der Waals surface area (Å²) in [6, 6.07) is 10.0. The Morgan fingerprint density at radius 3 is 2.25 bits per heavy atom. The average Bonchev–Trinajstić information content (AvgIpc) is 3.45. The first-order chi connectivity index (χ1) is 17.2. The number of amides is 2. The van der Waals surface area contributed by atoms with Crippen molar-refractivity contribution in [2.24, 2.45) is 5.41 Å². The second-order valence-electron chi connectivity index (χ2n) is 12.4. The number of likely N-dealkylation sites (tertiary alicyclic amines) is 2. The van der Waals surface area contributed by atoms with E-state index in [0.717, 1.165) is 31.7 Å². The minimum Gasteiger partial charge on any atom is -0.444 e. The predicted molar refractivity (Wildman–Crippen MR) is 144 cm³/mol. The molecule has 1 spiro atoms. The van der Waals surface area contributed by atoms with Crippen LogP contribution < -0.4 is 9.80 Å². The minimum atomic E-state index is -0.500. The molecular formula is C29H44N4O3. The molecule has 0 bridgehead atoms. The molecule has 4 heterocycles. The fourth-order valence-corrected chi connectivity index (χ4v) is 6.73. The van der Waals surface area contributed by atoms with Gasteiger partial charge < -0.3 is 19.4 Å². The maximum Gasteiger partial charge on any atom is 0.410 e. The molecule has 198 valence electrons. The number of rotatable bonds is 3. The van der Waals surface area contributed by atoms with Crippen molar-refractivity contribution in [3.8, 4) is 0 Å². The van der Waals surface area contributed by atoms with E-state index < -0.39 is 5.60 Å². The highest BCUT2D eigenvalue weighted by atomic mass is 16.6. The fourth-order valence-electron chi connectivity index (χ4n) is 6.73. The van der Waals surface area contributed by atoms with Crippen LogP contribution in [0.3, 0.4) is 0 Å². The number of carbonyl (C=O) groups is 2. The highest BCUT2D eigenvalue weighted by Gasteiger charge is 2.49. The van der Waals surface area contributed by atoms with E-state index in [9.17, 15) is 9.59 Å². The van der Waals surface area contributed by atoms with Crippen LogP contribution in [0.1, 0.15) is 72.6 Å². The molecule has 36 heavy (non-hydrogen) atoms. The molecule has 0 radical (unpaired) electrons. The molecule has 7 nitrogen and oxygen atoms in total. The van der Waals surface area contributed by atoms with Gasteiger partial charge in [-0.25, -0.2) is 4.79 Å². The zero-order chi connectivity index (χ0) is 25.5. The fraction of sp³-hybridized carbons (Fsp3) is 0.724. The molecule has 1 aromatic carbocycles. The molecule has 1 unspecified atom stereocenters. The van der Waals surface area contributed by atoms with E-state index in [2.05, 4.69) is 41.0 Å². The third kappa shape index (κ3) is 5.09. The van der Waals surface area contributed by atoms with Gasteiger partial charge in [0.05, 0.1) is 5.41 Å². The summed E-state index contributed by atoms with van der Waals surface area (Å²) in [4.78, 5) is 35.0. The molecule has 7 heteroatoms. The Balaban J connectivity index is 1.17. The molecule has 2 amide bonds. The van der Waals surface area contributed by atoms with Crippen LogP contribution in [0.4, 0.5) is 16.2 Å². The van der Waals surface area contributed by atoms with Gasteiger partial charge >= 0.3 is 6.09 Å². The van der Waals surface area contributed by atoms with Crippen LogP contribution in [0.2, 0.25) is 0 Å². The summed E-state index contributed by atoms with van der Waals surface area (Å²) in [5.74, 6) is 0.222. The normalized spacial score (nSPS) is 27.2. The molecule has 2 atom stereocenters. The zero-order valence-electron chi connectivity index (χ0n) is 22.7. The number of ether oxygens (including phenoxy) is 1. The molecule has 4 aliphatic heterocycles. The van der Waals surface area contributed by atoms with E-state index in [-0.39, 0.29) is 17.4 Å². The molecule has 0 saturated carbocycles. The smallest absolute Gasteiger partial charge is 0.410 e. The van der Waals surface area contributed by atoms with Gasteiger partial charge in [0.15, 0.2) is 0 Å². The summed E-state index contributed by atoms with van der Waals surface area (Å²) in [5, 5.41) is 0. The van der Waals surface area contributed by atoms with Gasteiger partial charge in [-0.2, -0.15) is 0 Å². The van der Waals surface area contributed by atoms with Gasteiger partial charge in [-0.05, 0) is 97.0 Å². The minimum absolute atomic E-state index is 0.222. The number of hydrogen-bond acceptors (Lipinski definition) is 5. The molecule has 0 aromatic heterocycles. The maximum atomic E-state index is 13.6. The van der Waals surface area contributed by atoms with Crippen LogP contribution in [0, 0.1) is 5.41 Å². The zero-order valence-corrected chi connectivity index (χ0v) is 22.7. The number of hydrogen-bond donors (Lipinski definition) is 0. The van der Waals surface area contributed by atoms with E-state index in [4.69, 9.17) is 4.74 Å². The standard InChI is InChI=1S/C29H44N4O3/c1-22-7-5-6-16-32(22)25-12-17-31(21-25)23-8-10-24(11-9-23)33-20-15-29(26(33)34)13-18-30(19-14-29)27(35)36-28(2,3)4/h8-11,22,25H,5-7,12-21H2,1-4H3/t22-,25?/m0/s1. The monoisotopic (exact) mass is 496 g/mol. The summed E-state index contributed by atoms with van der Waals surface area (Å²) in [6.07, 6.45) is 7.28. The Kier molecular flexibility index (Phi) is 6.96. The summed E-state index contributed by atoms with van der Waals surface area (Å²) >= 11 is 0. The first-order valence-corrected chi connectivity index (χ1v) is 14.1. The Hall–Kier alpha value is -2.28. The number of nitrogens with zero attached hydrogens (tertiary/aromatic N) is 4. The molecule has 4 aliphatic rings. The number of anilines is 2. The second-order valence-corrected chi connectivity index (χ2v) is 12.4. The van der Waals surface area contributed by atoms with E-state index in [0.29, 0.717) is 38.0 Å². The molecule has 1 aromatic rings. The van der Waals surface area contributed by atoms with Gasteiger partial charge in [0.1, 0.15) is 5.60 Å². The Labute approximate surface area is 216 Å². The van der Waals surface area contributed by atoms with Gasteiger partial charge in [0.25, 0.3) is 0 Å². The Bertz CT molecular complexity index is 948. The molecular weight excluding hydrogens is 452 g/mol. The topological polar surface area (TPSA) is 56.3 Å². The van der Waals surface area contributed by atoms with Gasteiger partial charge in [0, 0.05) is 56.2 Å². The second kappa shape index (κ2) is 9.88. The van der Waals surface area contributed by atoms with Gasteiger partial charge in [-0.15, -0.1) is 0 Å². The van der Waals surface area contributed by atoms with Crippen molar-refractivity contribution in [1.82, 2.24) is 9.80 Å². The van der Waals surface area contributed by atoms with Crippen LogP contribution in [0.5, 0.6) is 0 Å². The molecule has 4 saturated heterocycles. The number of benzene rings is 1. The lowest BCUT2D eigenvalue weighted by Gasteiger charge is -2.38. The first-order valence-electron chi connectivity index (χ1n) is 14.1. The van der Waals surface area contributed by atoms with E-state index in [1.807, 2.05) is 25.7 Å². The lowest BCUT2D eigenvalue weighted by molar-refractivity contribution is -0.128. The summed E-state index contributed by atoms with van der Waals surface area (Å²) in [6.45, 7) is 13.4. The summed E-state index contributed by atoms with van der Waals surface area (Å²) in [5.41, 5.74) is 1.42. The lowest BCUT2D eigenvalue weighted by Crippen LogP contribution is -2.48. The predicted octanol–water partition coefficient (Wildman–Crippen LogP) is 4.89. The van der Waals surface area contributed by atoms with Crippen molar-refractivity contribution < 1.29 is 14.3 Å². The summed E-state index contributed by atoms with van der Waals surface area (Å²) < 4.78 is 5.53. The van der Waals surface area contributed by atoms with Crippen molar-refractivity contribution in [3.05, 3.63) is 24.3 Å². The van der Waals surface area contributed by atoms with Crippen LogP contribution >= 0.6 is 0 Å². The summed E-state index contributed by atoms with van der Waals surface area (Å²) in [7, 11) is 0. The van der Waals surface area contributed by atoms with Crippen LogP contribution in [-0.4, -0.2) is 78.8 Å². The average molecular weight is 497 g/mol. The van der Waals surface area contributed by atoms with Gasteiger partial charge in [-0.3, -0.25) is 9.69 Å². The quantitative estimate of drug-likeness (QED) is 0.596. The SMILES string of the molecule is C[C@H]1CCCCN1C1CCN(c2ccc(N3CCC4(CCN(C(=O)OC(C)(C)C)CC4)C3=O)cc2)C1.